The first-order chi connectivity index (χ1) is 22.4. The Morgan fingerprint density at radius 2 is 1.91 bits per heavy atom. The molecule has 0 saturated carbocycles. The molecular formula is C31H37F2N7O5S2. The lowest BCUT2D eigenvalue weighted by Gasteiger charge is -2.37. The molecule has 0 aliphatic carbocycles. The molecule has 1 fully saturated rings. The topological polar surface area (TPSA) is 137 Å². The minimum atomic E-state index is -4.25. The van der Waals surface area contributed by atoms with E-state index in [9.17, 15) is 22.9 Å². The first-order valence-corrected chi connectivity index (χ1v) is 17.5. The molecule has 2 aliphatic rings. The van der Waals surface area contributed by atoms with E-state index >= 15 is 4.39 Å². The number of anilines is 1. The number of aromatic amines is 1. The van der Waals surface area contributed by atoms with Gasteiger partial charge in [0.1, 0.15) is 5.82 Å². The van der Waals surface area contributed by atoms with Crippen LogP contribution in [-0.4, -0.2) is 85.9 Å². The molecule has 1 N–H and O–H groups in total. The number of hydrogen-bond donors (Lipinski definition) is 1. The van der Waals surface area contributed by atoms with Gasteiger partial charge in [-0.15, -0.1) is 0 Å². The number of sulfone groups is 1. The molecule has 0 radical (unpaired) electrons. The summed E-state index contributed by atoms with van der Waals surface area (Å²) in [4.78, 5) is 21.1. The van der Waals surface area contributed by atoms with Crippen molar-refractivity contribution in [2.24, 2.45) is 10.9 Å². The Morgan fingerprint density at radius 3 is 2.53 bits per heavy atom. The van der Waals surface area contributed by atoms with Crippen LogP contribution in [0.2, 0.25) is 0 Å². The van der Waals surface area contributed by atoms with Crippen molar-refractivity contribution in [3.05, 3.63) is 87.1 Å². The van der Waals surface area contributed by atoms with Gasteiger partial charge in [0.2, 0.25) is 5.82 Å². The number of benzene rings is 2. The number of nitro benzene ring substituents is 1. The molecule has 0 amide bonds. The highest BCUT2D eigenvalue weighted by atomic mass is 32.2. The first kappa shape index (κ1) is 34.3. The molecule has 1 aromatic heterocycles. The number of nitrogens with one attached hydrogen (secondary N) is 1. The number of aromatic nitrogens is 2. The third kappa shape index (κ3) is 7.93. The third-order valence-electron chi connectivity index (χ3n) is 8.16. The van der Waals surface area contributed by atoms with E-state index < -0.39 is 37.8 Å². The average Bonchev–Trinajstić information content (AvgIpc) is 3.47. The van der Waals surface area contributed by atoms with Gasteiger partial charge in [-0.2, -0.15) is 9.49 Å². The van der Waals surface area contributed by atoms with Gasteiger partial charge in [0.25, 0.3) is 0 Å². The summed E-state index contributed by atoms with van der Waals surface area (Å²) >= 11 is 1.02. The van der Waals surface area contributed by atoms with Crippen molar-refractivity contribution in [2.45, 2.75) is 41.7 Å². The maximum Gasteiger partial charge on any atom is 0.305 e. The quantitative estimate of drug-likeness (QED) is 0.208. The van der Waals surface area contributed by atoms with Gasteiger partial charge in [0, 0.05) is 36.5 Å². The normalized spacial score (nSPS) is 16.2. The van der Waals surface area contributed by atoms with E-state index in [1.807, 2.05) is 13.0 Å². The van der Waals surface area contributed by atoms with E-state index in [0.29, 0.717) is 35.0 Å². The van der Waals surface area contributed by atoms with Crippen molar-refractivity contribution in [3.8, 4) is 0 Å². The number of hydrogen-bond acceptors (Lipinski definition) is 11. The lowest BCUT2D eigenvalue weighted by molar-refractivity contribution is -0.387. The predicted molar refractivity (Wildman–Crippen MR) is 176 cm³/mol. The summed E-state index contributed by atoms with van der Waals surface area (Å²) in [6.07, 6.45) is 3.15. The molecule has 252 valence electrons. The van der Waals surface area contributed by atoms with E-state index in [0.717, 1.165) is 74.6 Å². The fourth-order valence-electron chi connectivity index (χ4n) is 5.53. The van der Waals surface area contributed by atoms with Crippen LogP contribution in [0.4, 0.5) is 20.3 Å². The number of nitro groups is 1. The summed E-state index contributed by atoms with van der Waals surface area (Å²) in [5.74, 6) is -0.437. The zero-order valence-electron chi connectivity index (χ0n) is 26.6. The summed E-state index contributed by atoms with van der Waals surface area (Å²) < 4.78 is 62.3. The Bertz CT molecular complexity index is 1800. The largest absolute Gasteiger partial charge is 0.495 e. The minimum absolute atomic E-state index is 0.115. The molecular weight excluding hydrogens is 653 g/mol. The van der Waals surface area contributed by atoms with Gasteiger partial charge in [0.05, 0.1) is 34.1 Å². The lowest BCUT2D eigenvalue weighted by atomic mass is 9.93. The zero-order valence-corrected chi connectivity index (χ0v) is 28.2. The number of aryl methyl sites for hydroxylation is 1. The number of methoxy groups -OCH3 is 1. The van der Waals surface area contributed by atoms with Crippen LogP contribution in [0.3, 0.4) is 0 Å². The Balaban J connectivity index is 1.41. The highest BCUT2D eigenvalue weighted by Crippen LogP contribution is 2.35. The number of ether oxygens (including phenoxy) is 1. The van der Waals surface area contributed by atoms with Crippen LogP contribution in [-0.2, 0) is 20.3 Å². The molecule has 2 aromatic carbocycles. The molecule has 0 unspecified atom stereocenters. The third-order valence-corrected chi connectivity index (χ3v) is 10.9. The molecule has 47 heavy (non-hydrogen) atoms. The van der Waals surface area contributed by atoms with Gasteiger partial charge in [0.15, 0.2) is 32.4 Å². The summed E-state index contributed by atoms with van der Waals surface area (Å²) in [5.41, 5.74) is -0.396. The molecule has 3 aromatic rings. The van der Waals surface area contributed by atoms with Gasteiger partial charge in [-0.05, 0) is 82.7 Å². The van der Waals surface area contributed by atoms with E-state index in [2.05, 4.69) is 34.1 Å². The predicted octanol–water partition coefficient (Wildman–Crippen LogP) is 5.33. The minimum Gasteiger partial charge on any atom is -0.495 e. The maximum absolute atomic E-state index is 15.6. The van der Waals surface area contributed by atoms with E-state index in [1.165, 1.54) is 18.2 Å². The summed E-state index contributed by atoms with van der Waals surface area (Å²) in [6, 6.07) is 8.58. The molecule has 0 bridgehead atoms. The SMILES string of the molecule is COC1=C(N2CCC(CCN(C)C)CC2)N=C(Sc2ccc(S(=O)(=O)Cc3cccc([N+](=O)[O-])c3F)cc2F)N(c2cc(C)[nH]n2)C1. The molecule has 1 saturated heterocycles. The van der Waals surface area contributed by atoms with E-state index in [4.69, 9.17) is 9.73 Å². The van der Waals surface area contributed by atoms with E-state index in [1.54, 1.807) is 12.0 Å². The number of H-pyrrole nitrogens is 1. The Kier molecular flexibility index (Phi) is 10.5. The van der Waals surface area contributed by atoms with Crippen molar-refractivity contribution in [2.75, 3.05) is 52.3 Å². The highest BCUT2D eigenvalue weighted by Gasteiger charge is 2.32. The van der Waals surface area contributed by atoms with Crippen molar-refractivity contribution in [1.29, 1.82) is 0 Å². The van der Waals surface area contributed by atoms with Gasteiger partial charge in [-0.25, -0.2) is 17.8 Å². The monoisotopic (exact) mass is 689 g/mol. The second kappa shape index (κ2) is 14.4. The first-order valence-electron chi connectivity index (χ1n) is 15.0. The van der Waals surface area contributed by atoms with Crippen molar-refractivity contribution in [3.63, 3.8) is 0 Å². The fourth-order valence-corrected chi connectivity index (χ4v) is 7.78. The Morgan fingerprint density at radius 1 is 1.17 bits per heavy atom. The van der Waals surface area contributed by atoms with Crippen LogP contribution in [0.15, 0.2) is 68.8 Å². The summed E-state index contributed by atoms with van der Waals surface area (Å²) in [6.45, 7) is 4.79. The zero-order chi connectivity index (χ0) is 33.9. The number of piperidine rings is 1. The van der Waals surface area contributed by atoms with Crippen molar-refractivity contribution >= 4 is 38.3 Å². The summed E-state index contributed by atoms with van der Waals surface area (Å²) in [5, 5.41) is 18.8. The van der Waals surface area contributed by atoms with Gasteiger partial charge in [-0.3, -0.25) is 20.1 Å². The molecule has 16 heteroatoms. The number of amidine groups is 1. The Hall–Kier alpha value is -4.02. The smallest absolute Gasteiger partial charge is 0.305 e. The molecule has 0 spiro atoms. The standard InChI is InChI=1S/C31H37F2N7O5S2/c1-20-16-28(36-35-20)39-18-26(45-4)30(38-14-11-21(12-15-38)10-13-37(2)3)34-31(39)46-27-9-8-23(17-24(27)32)47(43,44)19-22-6-5-7-25(29(22)33)40(41)42/h5-9,16-17,21H,10-15,18-19H2,1-4H3,(H,35,36). The lowest BCUT2D eigenvalue weighted by Crippen LogP contribution is -2.41. The average molecular weight is 690 g/mol. The molecule has 3 heterocycles. The maximum atomic E-state index is 15.6. The molecule has 5 rings (SSSR count). The van der Waals surface area contributed by atoms with Crippen LogP contribution in [0.1, 0.15) is 30.5 Å². The van der Waals surface area contributed by atoms with Crippen LogP contribution >= 0.6 is 11.8 Å². The molecule has 2 aliphatic heterocycles. The molecule has 0 atom stereocenters. The van der Waals surface area contributed by atoms with Gasteiger partial charge in [-0.1, -0.05) is 12.1 Å². The van der Waals surface area contributed by atoms with Crippen LogP contribution in [0.25, 0.3) is 0 Å². The van der Waals surface area contributed by atoms with Crippen molar-refractivity contribution in [1.82, 2.24) is 20.0 Å². The Labute approximate surface area is 276 Å². The van der Waals surface area contributed by atoms with Crippen LogP contribution < -0.4 is 4.90 Å². The number of rotatable bonds is 11. The van der Waals surface area contributed by atoms with E-state index in [-0.39, 0.29) is 15.4 Å². The highest BCUT2D eigenvalue weighted by molar-refractivity contribution is 8.14. The number of halogens is 2. The second-order valence-corrected chi connectivity index (χ2v) is 14.8. The van der Waals surface area contributed by atoms with Crippen LogP contribution in [0, 0.1) is 34.6 Å². The second-order valence-electron chi connectivity index (χ2n) is 11.8. The number of aliphatic imine (C=N–C) groups is 1. The van der Waals surface area contributed by atoms with Crippen molar-refractivity contribution < 1.29 is 26.9 Å². The number of likely N-dealkylation sites (tertiary alicyclic amines) is 1. The van der Waals surface area contributed by atoms with Crippen LogP contribution in [0.5, 0.6) is 0 Å². The van der Waals surface area contributed by atoms with Gasteiger partial charge < -0.3 is 14.5 Å². The number of thioether (sulfide) groups is 1. The van der Waals surface area contributed by atoms with Gasteiger partial charge >= 0.3 is 5.69 Å². The fraction of sp³-hybridized carbons (Fsp3) is 0.419. The molecule has 12 nitrogen and oxygen atoms in total. The number of nitrogens with zero attached hydrogens (tertiary/aromatic N) is 6. The summed E-state index contributed by atoms with van der Waals surface area (Å²) in [7, 11) is 1.49.